The second kappa shape index (κ2) is 2.74. The SMILES string of the molecule is Cc1cc(F)c(Cl)c(F)c1F. The van der Waals surface area contributed by atoms with Crippen molar-refractivity contribution < 1.29 is 13.2 Å². The number of rotatable bonds is 0. The first-order valence-corrected chi connectivity index (χ1v) is 3.21. The molecule has 0 N–H and O–H groups in total. The van der Waals surface area contributed by atoms with Gasteiger partial charge in [0.2, 0.25) is 0 Å². The smallest absolute Gasteiger partial charge is 0.180 e. The van der Waals surface area contributed by atoms with Crippen LogP contribution >= 0.6 is 11.6 Å². The largest absolute Gasteiger partial charge is 0.205 e. The lowest BCUT2D eigenvalue weighted by atomic mass is 10.2. The normalized spacial score (nSPS) is 10.3. The monoisotopic (exact) mass is 180 g/mol. The van der Waals surface area contributed by atoms with Crippen molar-refractivity contribution in [2.24, 2.45) is 0 Å². The molecule has 0 atom stereocenters. The molecule has 1 rings (SSSR count). The molecular formula is C7H4ClF3. The van der Waals surface area contributed by atoms with Gasteiger partial charge in [0.15, 0.2) is 11.6 Å². The third kappa shape index (κ3) is 1.33. The number of hydrogen-bond acceptors (Lipinski definition) is 0. The summed E-state index contributed by atoms with van der Waals surface area (Å²) in [6, 6.07) is 0.848. The van der Waals surface area contributed by atoms with Crippen LogP contribution in [-0.2, 0) is 0 Å². The van der Waals surface area contributed by atoms with E-state index in [2.05, 4.69) is 0 Å². The van der Waals surface area contributed by atoms with Gasteiger partial charge in [-0.05, 0) is 18.6 Å². The number of aryl methyl sites for hydroxylation is 1. The zero-order valence-electron chi connectivity index (χ0n) is 5.59. The van der Waals surface area contributed by atoms with Gasteiger partial charge in [-0.25, -0.2) is 13.2 Å². The molecule has 0 amide bonds. The van der Waals surface area contributed by atoms with Gasteiger partial charge in [0, 0.05) is 0 Å². The lowest BCUT2D eigenvalue weighted by Gasteiger charge is -2.00. The van der Waals surface area contributed by atoms with Crippen molar-refractivity contribution >= 4 is 11.6 Å². The van der Waals surface area contributed by atoms with Crippen LogP contribution in [-0.4, -0.2) is 0 Å². The van der Waals surface area contributed by atoms with Gasteiger partial charge in [-0.2, -0.15) is 0 Å². The van der Waals surface area contributed by atoms with E-state index in [4.69, 9.17) is 11.6 Å². The highest BCUT2D eigenvalue weighted by Gasteiger charge is 2.14. The molecule has 0 fully saturated rings. The molecular weight excluding hydrogens is 177 g/mol. The van der Waals surface area contributed by atoms with E-state index < -0.39 is 22.5 Å². The molecule has 1 aromatic rings. The van der Waals surface area contributed by atoms with Crippen molar-refractivity contribution in [1.29, 1.82) is 0 Å². The Morgan fingerprint density at radius 2 is 1.73 bits per heavy atom. The number of benzene rings is 1. The topological polar surface area (TPSA) is 0 Å². The summed E-state index contributed by atoms with van der Waals surface area (Å²) in [4.78, 5) is 0. The van der Waals surface area contributed by atoms with Crippen molar-refractivity contribution in [3.05, 3.63) is 34.1 Å². The van der Waals surface area contributed by atoms with Crippen LogP contribution < -0.4 is 0 Å². The van der Waals surface area contributed by atoms with Crippen molar-refractivity contribution in [3.8, 4) is 0 Å². The Balaban J connectivity index is 3.46. The average molecular weight is 181 g/mol. The van der Waals surface area contributed by atoms with Crippen LogP contribution in [0.4, 0.5) is 13.2 Å². The first kappa shape index (κ1) is 8.40. The minimum atomic E-state index is -1.33. The van der Waals surface area contributed by atoms with Gasteiger partial charge >= 0.3 is 0 Å². The van der Waals surface area contributed by atoms with Crippen molar-refractivity contribution in [1.82, 2.24) is 0 Å². The third-order valence-corrected chi connectivity index (χ3v) is 1.63. The standard InChI is InChI=1S/C7H4ClF3/c1-3-2-4(9)5(8)7(11)6(3)10/h2H,1H3. The molecule has 4 heteroatoms. The molecule has 0 bridgehead atoms. The molecule has 0 aliphatic carbocycles. The number of halogens is 4. The average Bonchev–Trinajstić information content (AvgIpc) is 1.97. The Bertz CT molecular complexity index is 270. The second-order valence-corrected chi connectivity index (χ2v) is 2.50. The third-order valence-electron chi connectivity index (χ3n) is 1.28. The summed E-state index contributed by atoms with van der Waals surface area (Å²) in [6.45, 7) is 1.26. The van der Waals surface area contributed by atoms with Crippen LogP contribution in [0.15, 0.2) is 6.07 Å². The summed E-state index contributed by atoms with van der Waals surface area (Å²) in [5.74, 6) is -3.37. The first-order valence-electron chi connectivity index (χ1n) is 2.83. The predicted octanol–water partition coefficient (Wildman–Crippen LogP) is 3.07. The summed E-state index contributed by atoms with van der Waals surface area (Å²) in [5.41, 5.74) is -0.0931. The van der Waals surface area contributed by atoms with Crippen molar-refractivity contribution in [2.45, 2.75) is 6.92 Å². The highest BCUT2D eigenvalue weighted by Crippen LogP contribution is 2.23. The van der Waals surface area contributed by atoms with E-state index in [9.17, 15) is 13.2 Å². The molecule has 0 unspecified atom stereocenters. The van der Waals surface area contributed by atoms with E-state index in [0.717, 1.165) is 6.07 Å². The van der Waals surface area contributed by atoms with Crippen LogP contribution in [0.25, 0.3) is 0 Å². The van der Waals surface area contributed by atoms with E-state index in [-0.39, 0.29) is 5.56 Å². The lowest BCUT2D eigenvalue weighted by molar-refractivity contribution is 0.489. The van der Waals surface area contributed by atoms with Crippen LogP contribution in [0.2, 0.25) is 5.02 Å². The van der Waals surface area contributed by atoms with Crippen molar-refractivity contribution in [3.63, 3.8) is 0 Å². The van der Waals surface area contributed by atoms with Crippen molar-refractivity contribution in [2.75, 3.05) is 0 Å². The Morgan fingerprint density at radius 1 is 1.18 bits per heavy atom. The molecule has 0 nitrogen and oxygen atoms in total. The molecule has 11 heavy (non-hydrogen) atoms. The maximum atomic E-state index is 12.5. The molecule has 1 aromatic carbocycles. The lowest BCUT2D eigenvalue weighted by Crippen LogP contribution is -1.93. The van der Waals surface area contributed by atoms with E-state index in [1.807, 2.05) is 0 Å². The Kier molecular flexibility index (Phi) is 2.09. The van der Waals surface area contributed by atoms with Gasteiger partial charge in [0.05, 0.1) is 0 Å². The molecule has 0 saturated carbocycles. The van der Waals surface area contributed by atoms with Gasteiger partial charge in [-0.3, -0.25) is 0 Å². The van der Waals surface area contributed by atoms with Crippen LogP contribution in [0.3, 0.4) is 0 Å². The Labute approximate surface area is 66.6 Å². The molecule has 0 heterocycles. The molecule has 0 spiro atoms. The van der Waals surface area contributed by atoms with Gasteiger partial charge in [0.25, 0.3) is 0 Å². The molecule has 0 aliphatic rings. The Morgan fingerprint density at radius 3 is 2.27 bits per heavy atom. The fourth-order valence-corrected chi connectivity index (χ4v) is 0.829. The fraction of sp³-hybridized carbons (Fsp3) is 0.143. The predicted molar refractivity (Wildman–Crippen MR) is 36.1 cm³/mol. The molecule has 0 radical (unpaired) electrons. The second-order valence-electron chi connectivity index (χ2n) is 2.12. The van der Waals surface area contributed by atoms with Gasteiger partial charge < -0.3 is 0 Å². The minimum Gasteiger partial charge on any atom is -0.205 e. The zero-order chi connectivity index (χ0) is 8.59. The zero-order valence-corrected chi connectivity index (χ0v) is 6.35. The minimum absolute atomic E-state index is 0.0931. The summed E-state index contributed by atoms with van der Waals surface area (Å²) in [5, 5.41) is -0.798. The highest BCUT2D eigenvalue weighted by atomic mass is 35.5. The van der Waals surface area contributed by atoms with Gasteiger partial charge in [-0.15, -0.1) is 0 Å². The van der Waals surface area contributed by atoms with E-state index in [0.29, 0.717) is 0 Å². The molecule has 0 aliphatic heterocycles. The maximum Gasteiger partial charge on any atom is 0.180 e. The van der Waals surface area contributed by atoms with Gasteiger partial charge in [-0.1, -0.05) is 11.6 Å². The maximum absolute atomic E-state index is 12.5. The van der Waals surface area contributed by atoms with E-state index >= 15 is 0 Å². The van der Waals surface area contributed by atoms with Crippen LogP contribution in [0.1, 0.15) is 5.56 Å². The van der Waals surface area contributed by atoms with Gasteiger partial charge in [0.1, 0.15) is 10.8 Å². The first-order chi connectivity index (χ1) is 5.04. The quantitative estimate of drug-likeness (QED) is 0.425. The summed E-state index contributed by atoms with van der Waals surface area (Å²) >= 11 is 5.06. The summed E-state index contributed by atoms with van der Waals surface area (Å²) in [6.07, 6.45) is 0. The number of hydrogen-bond donors (Lipinski definition) is 0. The molecule has 0 saturated heterocycles. The Hall–Kier alpha value is -0.700. The van der Waals surface area contributed by atoms with E-state index in [1.54, 1.807) is 0 Å². The molecule has 0 aromatic heterocycles. The van der Waals surface area contributed by atoms with Crippen LogP contribution in [0, 0.1) is 24.4 Å². The highest BCUT2D eigenvalue weighted by molar-refractivity contribution is 6.30. The fourth-order valence-electron chi connectivity index (χ4n) is 0.691. The summed E-state index contributed by atoms with van der Waals surface area (Å²) < 4.78 is 37.5. The molecule has 60 valence electrons. The summed E-state index contributed by atoms with van der Waals surface area (Å²) in [7, 11) is 0. The van der Waals surface area contributed by atoms with Crippen LogP contribution in [0.5, 0.6) is 0 Å². The van der Waals surface area contributed by atoms with E-state index in [1.165, 1.54) is 6.92 Å².